The van der Waals surface area contributed by atoms with E-state index in [0.29, 0.717) is 32.9 Å². The number of carbonyl (C=O) groups is 1. The standard InChI is InChI=1S/C33H26ClF6N9O3S/c1-48-29-16(3-4-19(34)25(29)32(46-48)47-53(2,51)52)23-26(41-10-21-27(23)43-12-42-21)20(7-13-5-14(35)8-15(36)6-13)44-22(50)11-49-30-24(28(45-49)31(37)38)17-9-18(17)33(30,39)40/h3-6,8,10,12,17-18,20,31H,7,9,11H2,1-2H3,(H,42,43)(H,44,50)(H,46,47)/t17-,18+,20+/m0/s1. The van der Waals surface area contributed by atoms with Gasteiger partial charge >= 0.3 is 0 Å². The number of carbonyl (C=O) groups excluding carboxylic acids is 1. The number of H-pyrrole nitrogens is 1. The van der Waals surface area contributed by atoms with Crippen molar-refractivity contribution in [2.75, 3.05) is 11.0 Å². The minimum atomic E-state index is -3.81. The van der Waals surface area contributed by atoms with Crippen LogP contribution in [-0.4, -0.2) is 55.1 Å². The van der Waals surface area contributed by atoms with Gasteiger partial charge in [0.05, 0.1) is 57.5 Å². The number of imidazole rings is 1. The molecule has 0 bridgehead atoms. The highest BCUT2D eigenvalue weighted by molar-refractivity contribution is 7.92. The summed E-state index contributed by atoms with van der Waals surface area (Å²) in [5.41, 5.74) is 0.0836. The molecule has 2 aliphatic carbocycles. The first-order valence-corrected chi connectivity index (χ1v) is 18.3. The Morgan fingerprint density at radius 3 is 2.55 bits per heavy atom. The SMILES string of the molecule is Cn1nc(NS(C)(=O)=O)c2c(Cl)ccc(-c3c([C@@H](Cc4cc(F)cc(F)c4)NC(=O)Cn4nc(C(F)F)c5c4C(F)(F)[C@@H]4C[C@H]54)ncc4[nH]cnc34)c21. The summed E-state index contributed by atoms with van der Waals surface area (Å²) in [7, 11) is -2.27. The van der Waals surface area contributed by atoms with E-state index in [1.54, 1.807) is 6.07 Å². The molecular formula is C33H26ClF6N9O3S. The second kappa shape index (κ2) is 12.2. The number of alkyl halides is 4. The zero-order valence-corrected chi connectivity index (χ0v) is 29.0. The van der Waals surface area contributed by atoms with Crippen LogP contribution in [0, 0.1) is 17.6 Å². The lowest BCUT2D eigenvalue weighted by Gasteiger charge is -2.23. The third-order valence-corrected chi connectivity index (χ3v) is 10.4. The van der Waals surface area contributed by atoms with Crippen LogP contribution < -0.4 is 10.0 Å². The largest absolute Gasteiger partial charge is 0.346 e. The molecule has 276 valence electrons. The van der Waals surface area contributed by atoms with Gasteiger partial charge in [0, 0.05) is 35.7 Å². The predicted octanol–water partition coefficient (Wildman–Crippen LogP) is 6.26. The summed E-state index contributed by atoms with van der Waals surface area (Å²) in [6, 6.07) is 4.58. The highest BCUT2D eigenvalue weighted by Gasteiger charge is 2.67. The molecule has 1 fully saturated rings. The fourth-order valence-electron chi connectivity index (χ4n) is 7.41. The summed E-state index contributed by atoms with van der Waals surface area (Å²) < 4.78 is 116. The van der Waals surface area contributed by atoms with Gasteiger partial charge < -0.3 is 10.3 Å². The van der Waals surface area contributed by atoms with Crippen LogP contribution in [0.5, 0.6) is 0 Å². The molecule has 12 nitrogen and oxygen atoms in total. The zero-order valence-electron chi connectivity index (χ0n) is 27.4. The Morgan fingerprint density at radius 2 is 1.85 bits per heavy atom. The number of aromatic nitrogens is 7. The van der Waals surface area contributed by atoms with Crippen LogP contribution in [0.1, 0.15) is 53.0 Å². The number of sulfonamides is 1. The number of pyridine rings is 1. The molecule has 0 saturated heterocycles. The number of nitrogens with one attached hydrogen (secondary N) is 3. The number of amides is 1. The predicted molar refractivity (Wildman–Crippen MR) is 180 cm³/mol. The molecule has 4 aromatic heterocycles. The second-order valence-electron chi connectivity index (χ2n) is 13.1. The molecule has 1 amide bonds. The highest BCUT2D eigenvalue weighted by Crippen LogP contribution is 2.68. The van der Waals surface area contributed by atoms with Crippen LogP contribution in [0.2, 0.25) is 5.02 Å². The molecule has 8 rings (SSSR count). The van der Waals surface area contributed by atoms with Crippen molar-refractivity contribution in [3.05, 3.63) is 87.7 Å². The molecule has 3 N–H and O–H groups in total. The Balaban J connectivity index is 1.27. The molecule has 0 radical (unpaired) electrons. The lowest BCUT2D eigenvalue weighted by atomic mass is 9.93. The number of aryl methyl sites for hydroxylation is 1. The lowest BCUT2D eigenvalue weighted by Crippen LogP contribution is -2.35. The van der Waals surface area contributed by atoms with Crippen molar-refractivity contribution in [3.63, 3.8) is 0 Å². The van der Waals surface area contributed by atoms with E-state index < -0.39 is 75.7 Å². The van der Waals surface area contributed by atoms with Crippen LogP contribution in [0.25, 0.3) is 33.1 Å². The van der Waals surface area contributed by atoms with Crippen LogP contribution in [0.4, 0.5) is 32.2 Å². The normalized spacial score (nSPS) is 18.1. The van der Waals surface area contributed by atoms with Crippen molar-refractivity contribution >= 4 is 55.3 Å². The molecule has 4 heterocycles. The van der Waals surface area contributed by atoms with Gasteiger partial charge in [0.15, 0.2) is 5.82 Å². The van der Waals surface area contributed by atoms with E-state index in [-0.39, 0.29) is 51.5 Å². The Morgan fingerprint density at radius 1 is 1.11 bits per heavy atom. The van der Waals surface area contributed by atoms with Crippen molar-refractivity contribution < 1.29 is 39.6 Å². The zero-order chi connectivity index (χ0) is 37.7. The minimum Gasteiger partial charge on any atom is -0.346 e. The van der Waals surface area contributed by atoms with Crippen LogP contribution >= 0.6 is 11.6 Å². The quantitative estimate of drug-likeness (QED) is 0.139. The van der Waals surface area contributed by atoms with Crippen LogP contribution in [0.3, 0.4) is 0 Å². The molecule has 53 heavy (non-hydrogen) atoms. The number of aromatic amines is 1. The molecule has 2 aromatic carbocycles. The molecule has 0 unspecified atom stereocenters. The highest BCUT2D eigenvalue weighted by atomic mass is 35.5. The van der Waals surface area contributed by atoms with Gasteiger partial charge in [-0.2, -0.15) is 19.0 Å². The third-order valence-electron chi connectivity index (χ3n) is 9.47. The molecule has 1 saturated carbocycles. The van der Waals surface area contributed by atoms with Gasteiger partial charge in [0.25, 0.3) is 12.3 Å². The van der Waals surface area contributed by atoms with Gasteiger partial charge in [0.1, 0.15) is 29.6 Å². The molecule has 2 aliphatic rings. The van der Waals surface area contributed by atoms with E-state index in [2.05, 4.69) is 35.2 Å². The number of benzene rings is 2. The summed E-state index contributed by atoms with van der Waals surface area (Å²) in [4.78, 5) is 25.8. The number of nitrogens with zero attached hydrogens (tertiary/aromatic N) is 6. The van der Waals surface area contributed by atoms with Gasteiger partial charge in [-0.05, 0) is 42.5 Å². The van der Waals surface area contributed by atoms with E-state index in [0.717, 1.165) is 18.4 Å². The first-order valence-electron chi connectivity index (χ1n) is 16.0. The average molecular weight is 778 g/mol. The van der Waals surface area contributed by atoms with Gasteiger partial charge in [0.2, 0.25) is 15.9 Å². The smallest absolute Gasteiger partial charge is 0.293 e. The molecule has 3 atom stereocenters. The van der Waals surface area contributed by atoms with Crippen LogP contribution in [0.15, 0.2) is 42.9 Å². The van der Waals surface area contributed by atoms with E-state index in [1.807, 2.05) is 0 Å². The average Bonchev–Trinajstić information content (AvgIpc) is 3.28. The first kappa shape index (κ1) is 34.9. The second-order valence-corrected chi connectivity index (χ2v) is 15.3. The third kappa shape index (κ3) is 5.94. The van der Waals surface area contributed by atoms with Gasteiger partial charge in [-0.25, -0.2) is 31.0 Å². The van der Waals surface area contributed by atoms with Crippen molar-refractivity contribution in [2.24, 2.45) is 13.0 Å². The minimum absolute atomic E-state index is 0.0361. The lowest BCUT2D eigenvalue weighted by molar-refractivity contribution is -0.123. The summed E-state index contributed by atoms with van der Waals surface area (Å²) in [6.07, 6.45) is 0.319. The molecule has 6 aromatic rings. The van der Waals surface area contributed by atoms with E-state index >= 15 is 8.78 Å². The van der Waals surface area contributed by atoms with Gasteiger partial charge in [-0.1, -0.05) is 17.7 Å². The number of fused-ring (bicyclic) bond motifs is 5. The maximum absolute atomic E-state index is 15.3. The van der Waals surface area contributed by atoms with Crippen molar-refractivity contribution in [1.82, 2.24) is 39.8 Å². The fourth-order valence-corrected chi connectivity index (χ4v) is 8.15. The van der Waals surface area contributed by atoms with Crippen molar-refractivity contribution in [1.29, 1.82) is 0 Å². The van der Waals surface area contributed by atoms with E-state index in [4.69, 9.17) is 11.6 Å². The van der Waals surface area contributed by atoms with Gasteiger partial charge in [-0.15, -0.1) is 0 Å². The molecule has 0 aliphatic heterocycles. The van der Waals surface area contributed by atoms with E-state index in [9.17, 15) is 30.8 Å². The Labute approximate surface area is 300 Å². The Hall–Kier alpha value is -5.17. The number of hydrogen-bond donors (Lipinski definition) is 3. The maximum atomic E-state index is 15.3. The number of anilines is 1. The summed E-state index contributed by atoms with van der Waals surface area (Å²) in [5.74, 6) is -8.24. The van der Waals surface area contributed by atoms with Crippen molar-refractivity contribution in [3.8, 4) is 11.1 Å². The number of halogens is 7. The molecule has 0 spiro atoms. The summed E-state index contributed by atoms with van der Waals surface area (Å²) >= 11 is 6.58. The van der Waals surface area contributed by atoms with E-state index in [1.165, 1.54) is 30.3 Å². The molecular weight excluding hydrogens is 752 g/mol. The van der Waals surface area contributed by atoms with Crippen LogP contribution in [-0.2, 0) is 40.8 Å². The van der Waals surface area contributed by atoms with Gasteiger partial charge in [-0.3, -0.25) is 23.9 Å². The number of hydrogen-bond acceptors (Lipinski definition) is 7. The topological polar surface area (TPSA) is 152 Å². The fraction of sp³-hybridized carbons (Fsp3) is 0.303. The monoisotopic (exact) mass is 777 g/mol. The Bertz CT molecular complexity index is 2590. The molecule has 20 heteroatoms. The summed E-state index contributed by atoms with van der Waals surface area (Å²) in [6.45, 7) is -0.883. The van der Waals surface area contributed by atoms with Crippen molar-refractivity contribution in [2.45, 2.75) is 43.7 Å². The number of rotatable bonds is 10. The maximum Gasteiger partial charge on any atom is 0.293 e. The Kier molecular flexibility index (Phi) is 8.02. The summed E-state index contributed by atoms with van der Waals surface area (Å²) in [5, 5.41) is 11.1. The first-order chi connectivity index (χ1) is 25.0.